The van der Waals surface area contributed by atoms with Gasteiger partial charge in [0, 0.05) is 22.6 Å². The summed E-state index contributed by atoms with van der Waals surface area (Å²) in [6.45, 7) is 7.11. The largest absolute Gasteiger partial charge is 0.308 e. The van der Waals surface area contributed by atoms with Crippen molar-refractivity contribution in [1.82, 2.24) is 15.5 Å². The average molecular weight is 326 g/mol. The molecule has 5 heteroatoms. The number of aryl methyl sites for hydroxylation is 1. The van der Waals surface area contributed by atoms with Gasteiger partial charge in [0.15, 0.2) is 0 Å². The quantitative estimate of drug-likeness (QED) is 0.929. The normalized spacial score (nSPS) is 11.2. The molecule has 0 aliphatic rings. The molecule has 0 saturated carbocycles. The first-order valence-electron chi connectivity index (χ1n) is 5.88. The summed E-state index contributed by atoms with van der Waals surface area (Å²) >= 11 is 5.15. The van der Waals surface area contributed by atoms with E-state index in [0.717, 1.165) is 26.6 Å². The fourth-order valence-corrected chi connectivity index (χ4v) is 2.98. The molecule has 0 bridgehead atoms. The Hall–Kier alpha value is -0.780. The zero-order valence-electron chi connectivity index (χ0n) is 10.7. The van der Waals surface area contributed by atoms with E-state index in [-0.39, 0.29) is 0 Å². The summed E-state index contributed by atoms with van der Waals surface area (Å²) < 4.78 is 1.08. The minimum absolute atomic E-state index is 0.463. The highest BCUT2D eigenvalue weighted by Gasteiger charge is 2.08. The fourth-order valence-electron chi connectivity index (χ4n) is 1.59. The zero-order chi connectivity index (χ0) is 13.1. The minimum Gasteiger partial charge on any atom is -0.308 e. The average Bonchev–Trinajstić information content (AvgIpc) is 2.73. The van der Waals surface area contributed by atoms with E-state index >= 15 is 0 Å². The molecule has 0 amide bonds. The van der Waals surface area contributed by atoms with Crippen LogP contribution < -0.4 is 5.32 Å². The van der Waals surface area contributed by atoms with Crippen molar-refractivity contribution in [1.29, 1.82) is 0 Å². The summed E-state index contributed by atoms with van der Waals surface area (Å²) in [4.78, 5) is 0. The molecular formula is C13H16BrN3S. The lowest BCUT2D eigenvalue weighted by Gasteiger charge is -2.03. The third-order valence-electron chi connectivity index (χ3n) is 2.42. The molecule has 0 saturated heterocycles. The summed E-state index contributed by atoms with van der Waals surface area (Å²) in [5.41, 5.74) is 2.34. The molecule has 1 N–H and O–H groups in total. The van der Waals surface area contributed by atoms with Gasteiger partial charge in [-0.15, -0.1) is 10.2 Å². The lowest BCUT2D eigenvalue weighted by Crippen LogP contribution is -2.21. The Morgan fingerprint density at radius 2 is 2.06 bits per heavy atom. The number of nitrogens with one attached hydrogen (secondary N) is 1. The van der Waals surface area contributed by atoms with Crippen LogP contribution in [0.25, 0.3) is 10.6 Å². The van der Waals surface area contributed by atoms with E-state index in [0.29, 0.717) is 6.04 Å². The predicted octanol–water partition coefficient (Wildman–Crippen LogP) is 3.77. The Morgan fingerprint density at radius 1 is 1.28 bits per heavy atom. The Kier molecular flexibility index (Phi) is 4.48. The topological polar surface area (TPSA) is 37.8 Å². The first-order valence-corrected chi connectivity index (χ1v) is 7.49. The molecule has 3 nitrogen and oxygen atoms in total. The Balaban J connectivity index is 2.18. The van der Waals surface area contributed by atoms with Crippen LogP contribution in [-0.2, 0) is 6.54 Å². The van der Waals surface area contributed by atoms with E-state index < -0.39 is 0 Å². The van der Waals surface area contributed by atoms with Crippen LogP contribution in [-0.4, -0.2) is 16.2 Å². The monoisotopic (exact) mass is 325 g/mol. The summed E-state index contributed by atoms with van der Waals surface area (Å²) in [5.74, 6) is 0. The Labute approximate surface area is 120 Å². The van der Waals surface area contributed by atoms with Crippen molar-refractivity contribution in [2.75, 3.05) is 0 Å². The maximum Gasteiger partial charge on any atom is 0.147 e. The maximum atomic E-state index is 4.25. The van der Waals surface area contributed by atoms with Crippen LogP contribution in [0, 0.1) is 6.92 Å². The zero-order valence-corrected chi connectivity index (χ0v) is 13.1. The van der Waals surface area contributed by atoms with Crippen molar-refractivity contribution in [3.8, 4) is 10.6 Å². The van der Waals surface area contributed by atoms with E-state index in [1.54, 1.807) is 11.3 Å². The highest BCUT2D eigenvalue weighted by molar-refractivity contribution is 9.10. The molecule has 2 aromatic rings. The van der Waals surface area contributed by atoms with Crippen LogP contribution in [0.15, 0.2) is 22.7 Å². The van der Waals surface area contributed by atoms with Crippen LogP contribution in [0.5, 0.6) is 0 Å². The Bertz CT molecular complexity index is 517. The van der Waals surface area contributed by atoms with Gasteiger partial charge >= 0.3 is 0 Å². The lowest BCUT2D eigenvalue weighted by atomic mass is 10.1. The molecule has 96 valence electrons. The van der Waals surface area contributed by atoms with Crippen molar-refractivity contribution in [2.45, 2.75) is 33.4 Å². The molecule has 0 unspecified atom stereocenters. The van der Waals surface area contributed by atoms with Crippen molar-refractivity contribution < 1.29 is 0 Å². The number of halogens is 1. The molecule has 1 aromatic heterocycles. The standard InChI is InChI=1S/C13H16BrN3S/c1-8(2)15-7-12-16-17-13(18-12)10-4-9(3)5-11(14)6-10/h4-6,8,15H,7H2,1-3H3. The molecule has 18 heavy (non-hydrogen) atoms. The van der Waals surface area contributed by atoms with E-state index in [1.165, 1.54) is 5.56 Å². The highest BCUT2D eigenvalue weighted by Crippen LogP contribution is 2.27. The molecule has 1 aromatic carbocycles. The van der Waals surface area contributed by atoms with E-state index in [2.05, 4.69) is 70.4 Å². The van der Waals surface area contributed by atoms with Gasteiger partial charge in [-0.25, -0.2) is 0 Å². The second-order valence-electron chi connectivity index (χ2n) is 4.55. The van der Waals surface area contributed by atoms with Gasteiger partial charge in [0.05, 0.1) is 0 Å². The maximum absolute atomic E-state index is 4.25. The van der Waals surface area contributed by atoms with E-state index in [9.17, 15) is 0 Å². The number of hydrogen-bond donors (Lipinski definition) is 1. The first-order chi connectivity index (χ1) is 8.54. The van der Waals surface area contributed by atoms with Gasteiger partial charge in [-0.3, -0.25) is 0 Å². The third kappa shape index (κ3) is 3.60. The second-order valence-corrected chi connectivity index (χ2v) is 6.53. The molecule has 0 radical (unpaired) electrons. The molecule has 0 fully saturated rings. The smallest absolute Gasteiger partial charge is 0.147 e. The van der Waals surface area contributed by atoms with Crippen LogP contribution in [0.1, 0.15) is 24.4 Å². The Morgan fingerprint density at radius 3 is 2.72 bits per heavy atom. The van der Waals surface area contributed by atoms with Gasteiger partial charge in [0.25, 0.3) is 0 Å². The summed E-state index contributed by atoms with van der Waals surface area (Å²) in [7, 11) is 0. The van der Waals surface area contributed by atoms with Gasteiger partial charge in [-0.1, -0.05) is 41.1 Å². The molecule has 0 aliphatic carbocycles. The lowest BCUT2D eigenvalue weighted by molar-refractivity contribution is 0.585. The van der Waals surface area contributed by atoms with Crippen LogP contribution in [0.2, 0.25) is 0 Å². The number of nitrogens with zero attached hydrogens (tertiary/aromatic N) is 2. The third-order valence-corrected chi connectivity index (χ3v) is 3.85. The second kappa shape index (κ2) is 5.91. The number of benzene rings is 1. The molecule has 1 heterocycles. The fraction of sp³-hybridized carbons (Fsp3) is 0.385. The SMILES string of the molecule is Cc1cc(Br)cc(-c2nnc(CNC(C)C)s2)c1. The van der Waals surface area contributed by atoms with Crippen molar-refractivity contribution in [2.24, 2.45) is 0 Å². The number of hydrogen-bond acceptors (Lipinski definition) is 4. The molecular weight excluding hydrogens is 310 g/mol. The van der Waals surface area contributed by atoms with Crippen LogP contribution in [0.3, 0.4) is 0 Å². The highest BCUT2D eigenvalue weighted by atomic mass is 79.9. The van der Waals surface area contributed by atoms with Gasteiger partial charge in [-0.05, 0) is 30.7 Å². The van der Waals surface area contributed by atoms with Crippen LogP contribution >= 0.6 is 27.3 Å². The first kappa shape index (κ1) is 13.6. The summed E-state index contributed by atoms with van der Waals surface area (Å²) in [5, 5.41) is 13.8. The van der Waals surface area contributed by atoms with Crippen molar-refractivity contribution >= 4 is 27.3 Å². The van der Waals surface area contributed by atoms with Gasteiger partial charge in [0.1, 0.15) is 10.0 Å². The van der Waals surface area contributed by atoms with Crippen molar-refractivity contribution in [3.05, 3.63) is 33.2 Å². The number of aromatic nitrogens is 2. The van der Waals surface area contributed by atoms with E-state index in [1.807, 2.05) is 0 Å². The molecule has 0 aliphatic heterocycles. The van der Waals surface area contributed by atoms with Crippen molar-refractivity contribution in [3.63, 3.8) is 0 Å². The summed E-state index contributed by atoms with van der Waals surface area (Å²) in [6, 6.07) is 6.76. The molecule has 0 spiro atoms. The molecule has 2 rings (SSSR count). The van der Waals surface area contributed by atoms with Crippen LogP contribution in [0.4, 0.5) is 0 Å². The molecule has 0 atom stereocenters. The number of rotatable bonds is 4. The van der Waals surface area contributed by atoms with Gasteiger partial charge < -0.3 is 5.32 Å². The minimum atomic E-state index is 0.463. The predicted molar refractivity (Wildman–Crippen MR) is 79.8 cm³/mol. The summed E-state index contributed by atoms with van der Waals surface area (Å²) in [6.07, 6.45) is 0. The van der Waals surface area contributed by atoms with Gasteiger partial charge in [0.2, 0.25) is 0 Å². The van der Waals surface area contributed by atoms with Gasteiger partial charge in [-0.2, -0.15) is 0 Å². The van der Waals surface area contributed by atoms with E-state index in [4.69, 9.17) is 0 Å².